The molecule has 1 fully saturated rings. The maximum absolute atomic E-state index is 13.1. The minimum atomic E-state index is -5.13. The van der Waals surface area contributed by atoms with E-state index in [9.17, 15) is 33.8 Å². The van der Waals surface area contributed by atoms with Crippen molar-refractivity contribution in [1.29, 1.82) is 0 Å². The SMILES string of the molecule is CCCCCC/C=C\CCCCCCCCCC(=O)N[C@H](C)[C@@H](OC)OC[C@H]1O[C@H](OP(=O)(O)O)[C@H](NC(=O)CC(=O)CCCC)[C@@H](CCCCCCCCCCC)[C@@H]1O. The maximum Gasteiger partial charge on any atom is 0.472 e. The fraction of sp³-hybridized carbons (Fsp3) is 0.891. The lowest BCUT2D eigenvalue weighted by molar-refractivity contribution is -0.254. The average Bonchev–Trinajstić information content (AvgIpc) is 3.19. The third-order valence-electron chi connectivity index (χ3n) is 11.4. The predicted molar refractivity (Wildman–Crippen MR) is 238 cm³/mol. The molecule has 0 unspecified atom stereocenters. The Kier molecular flexibility index (Phi) is 33.5. The fourth-order valence-electron chi connectivity index (χ4n) is 7.84. The highest BCUT2D eigenvalue weighted by atomic mass is 31.2. The number of Topliss-reactive ketones (excluding diaryl/α,β-unsaturated/α-hetero) is 1. The lowest BCUT2D eigenvalue weighted by atomic mass is 9.83. The van der Waals surface area contributed by atoms with Crippen LogP contribution in [0.15, 0.2) is 12.2 Å². The Morgan fingerprint density at radius 1 is 0.717 bits per heavy atom. The number of nitrogens with one attached hydrogen (secondary N) is 2. The molecule has 0 spiro atoms. The third kappa shape index (κ3) is 28.1. The summed E-state index contributed by atoms with van der Waals surface area (Å²) < 4.78 is 34.7. The number of methoxy groups -OCH3 is 1. The number of amides is 2. The molecule has 1 saturated heterocycles. The molecule has 0 aromatic heterocycles. The number of unbranched alkanes of at least 4 members (excludes halogenated alkanes) is 20. The van der Waals surface area contributed by atoms with Gasteiger partial charge in [0.25, 0.3) is 0 Å². The zero-order valence-electron chi connectivity index (χ0n) is 38.3. The molecule has 0 aromatic rings. The van der Waals surface area contributed by atoms with Crippen molar-refractivity contribution in [3.63, 3.8) is 0 Å². The summed E-state index contributed by atoms with van der Waals surface area (Å²) in [6.45, 7) is 7.88. The van der Waals surface area contributed by atoms with Gasteiger partial charge in [0, 0.05) is 25.9 Å². The van der Waals surface area contributed by atoms with Crippen molar-refractivity contribution >= 4 is 25.4 Å². The van der Waals surface area contributed by atoms with Crippen LogP contribution in [0, 0.1) is 5.92 Å². The maximum atomic E-state index is 13.1. The molecule has 13 nitrogen and oxygen atoms in total. The minimum absolute atomic E-state index is 0.119. The Morgan fingerprint density at radius 2 is 1.23 bits per heavy atom. The van der Waals surface area contributed by atoms with Crippen LogP contribution in [-0.4, -0.2) is 83.1 Å². The number of ketones is 1. The van der Waals surface area contributed by atoms with Crippen molar-refractivity contribution in [3.8, 4) is 0 Å². The Morgan fingerprint density at radius 3 is 1.78 bits per heavy atom. The van der Waals surface area contributed by atoms with E-state index in [1.54, 1.807) is 6.92 Å². The first kappa shape index (κ1) is 56.3. The standard InChI is InChI=1S/C46H87N2O11P/c1-6-9-12-14-16-18-19-20-21-22-23-25-27-29-31-34-41(50)47-37(4)45(56-5)57-36-40-44(52)39(33-30-28-26-24-17-15-13-10-7-2)43(46(58-40)59-60(53,54)55)48-42(51)35-38(49)32-11-8-3/h18-19,37,39-40,43-46,52H,6-17,20-36H2,1-5H3,(H,47,50)(H,48,51)(H2,53,54,55)/b19-18-/t37-,39-,40-,43-,44+,45+,46-/m1/s1. The van der Waals surface area contributed by atoms with Crippen LogP contribution in [0.3, 0.4) is 0 Å². The van der Waals surface area contributed by atoms with Crippen LogP contribution < -0.4 is 10.6 Å². The molecule has 0 bridgehead atoms. The molecule has 1 aliphatic rings. The number of hydrogen-bond acceptors (Lipinski definition) is 9. The monoisotopic (exact) mass is 875 g/mol. The number of carbonyl (C=O) groups is 3. The number of phosphoric acid groups is 1. The van der Waals surface area contributed by atoms with Gasteiger partial charge in [0.1, 0.15) is 11.9 Å². The Hall–Kier alpha value is -1.70. The number of phosphoric ester groups is 1. The quantitative estimate of drug-likeness (QED) is 0.0130. The van der Waals surface area contributed by atoms with Gasteiger partial charge in [-0.3, -0.25) is 18.9 Å². The number of allylic oxidation sites excluding steroid dienone is 2. The zero-order chi connectivity index (χ0) is 44.4. The second-order valence-corrected chi connectivity index (χ2v) is 18.1. The highest BCUT2D eigenvalue weighted by Crippen LogP contribution is 2.42. The highest BCUT2D eigenvalue weighted by molar-refractivity contribution is 7.46. The summed E-state index contributed by atoms with van der Waals surface area (Å²) in [5.41, 5.74) is 0. The molecular weight excluding hydrogens is 787 g/mol. The van der Waals surface area contributed by atoms with Crippen LogP contribution in [0.1, 0.15) is 207 Å². The number of carbonyl (C=O) groups excluding carboxylic acids is 3. The Bertz CT molecular complexity index is 1180. The molecular formula is C46H87N2O11P. The van der Waals surface area contributed by atoms with E-state index < -0.39 is 62.9 Å². The van der Waals surface area contributed by atoms with Crippen molar-refractivity contribution < 1.29 is 52.6 Å². The lowest BCUT2D eigenvalue weighted by Crippen LogP contribution is -2.62. The van der Waals surface area contributed by atoms with Gasteiger partial charge in [-0.15, -0.1) is 0 Å². The third-order valence-corrected chi connectivity index (χ3v) is 11.9. The van der Waals surface area contributed by atoms with E-state index in [1.165, 1.54) is 90.6 Å². The first-order valence-electron chi connectivity index (χ1n) is 23.8. The predicted octanol–water partition coefficient (Wildman–Crippen LogP) is 9.88. The van der Waals surface area contributed by atoms with Gasteiger partial charge in [-0.05, 0) is 51.9 Å². The smallest absolute Gasteiger partial charge is 0.390 e. The number of aliphatic hydroxyl groups excluding tert-OH is 1. The Balaban J connectivity index is 2.74. The first-order valence-corrected chi connectivity index (χ1v) is 25.4. The lowest BCUT2D eigenvalue weighted by Gasteiger charge is -2.45. The van der Waals surface area contributed by atoms with E-state index in [0.29, 0.717) is 25.7 Å². The van der Waals surface area contributed by atoms with Gasteiger partial charge in [-0.2, -0.15) is 0 Å². The molecule has 352 valence electrons. The molecule has 1 heterocycles. The summed E-state index contributed by atoms with van der Waals surface area (Å²) in [7, 11) is -3.69. The van der Waals surface area contributed by atoms with E-state index in [2.05, 4.69) is 36.6 Å². The van der Waals surface area contributed by atoms with Gasteiger partial charge < -0.3 is 39.7 Å². The normalized spacial score (nSPS) is 20.6. The zero-order valence-corrected chi connectivity index (χ0v) is 39.2. The van der Waals surface area contributed by atoms with Crippen molar-refractivity contribution in [3.05, 3.63) is 12.2 Å². The van der Waals surface area contributed by atoms with Crippen molar-refractivity contribution in [2.24, 2.45) is 5.92 Å². The molecule has 14 heteroatoms. The van der Waals surface area contributed by atoms with Crippen molar-refractivity contribution in [2.45, 2.75) is 244 Å². The van der Waals surface area contributed by atoms with Crippen LogP contribution >= 0.6 is 7.82 Å². The first-order chi connectivity index (χ1) is 28.9. The molecule has 0 aromatic carbocycles. The van der Waals surface area contributed by atoms with Gasteiger partial charge in [0.15, 0.2) is 12.6 Å². The highest BCUT2D eigenvalue weighted by Gasteiger charge is 2.48. The van der Waals surface area contributed by atoms with Crippen molar-refractivity contribution in [1.82, 2.24) is 10.6 Å². The molecule has 0 aliphatic carbocycles. The molecule has 1 aliphatic heterocycles. The molecule has 60 heavy (non-hydrogen) atoms. The van der Waals surface area contributed by atoms with Crippen LogP contribution in [0.4, 0.5) is 0 Å². The summed E-state index contributed by atoms with van der Waals surface area (Å²) in [6.07, 6.45) is 26.8. The summed E-state index contributed by atoms with van der Waals surface area (Å²) in [5.74, 6) is -1.73. The molecule has 2 amide bonds. The van der Waals surface area contributed by atoms with E-state index >= 15 is 0 Å². The molecule has 0 radical (unpaired) electrons. The van der Waals surface area contributed by atoms with Crippen LogP contribution in [-0.2, 0) is 37.7 Å². The van der Waals surface area contributed by atoms with E-state index in [1.807, 2.05) is 6.92 Å². The summed E-state index contributed by atoms with van der Waals surface area (Å²) >= 11 is 0. The summed E-state index contributed by atoms with van der Waals surface area (Å²) in [6, 6.07) is -1.69. The van der Waals surface area contributed by atoms with Crippen LogP contribution in [0.5, 0.6) is 0 Å². The number of aliphatic hydroxyl groups is 1. The number of rotatable bonds is 39. The van der Waals surface area contributed by atoms with E-state index in [-0.39, 0.29) is 24.7 Å². The van der Waals surface area contributed by atoms with Gasteiger partial charge in [0.05, 0.1) is 31.2 Å². The largest absolute Gasteiger partial charge is 0.472 e. The van der Waals surface area contributed by atoms with Crippen molar-refractivity contribution in [2.75, 3.05) is 13.7 Å². The molecule has 0 saturated carbocycles. The topological polar surface area (TPSA) is 190 Å². The van der Waals surface area contributed by atoms with E-state index in [4.69, 9.17) is 18.7 Å². The fourth-order valence-corrected chi connectivity index (χ4v) is 8.29. The second-order valence-electron chi connectivity index (χ2n) is 17.0. The summed E-state index contributed by atoms with van der Waals surface area (Å²) in [5, 5.41) is 17.4. The molecule has 7 atom stereocenters. The molecule has 1 rings (SSSR count). The average molecular weight is 875 g/mol. The van der Waals surface area contributed by atoms with Gasteiger partial charge in [0.2, 0.25) is 11.8 Å². The van der Waals surface area contributed by atoms with Crippen LogP contribution in [0.25, 0.3) is 0 Å². The van der Waals surface area contributed by atoms with Gasteiger partial charge in [-0.1, -0.05) is 148 Å². The minimum Gasteiger partial charge on any atom is -0.390 e. The number of hydrogen-bond donors (Lipinski definition) is 5. The Labute approximate surface area is 363 Å². The second kappa shape index (κ2) is 35.7. The number of ether oxygens (including phenoxy) is 3. The van der Waals surface area contributed by atoms with Gasteiger partial charge in [-0.25, -0.2) is 4.57 Å². The van der Waals surface area contributed by atoms with Crippen LogP contribution in [0.2, 0.25) is 0 Å². The molecule has 5 N–H and O–H groups in total. The van der Waals surface area contributed by atoms with Gasteiger partial charge >= 0.3 is 7.82 Å². The summed E-state index contributed by atoms with van der Waals surface area (Å²) in [4.78, 5) is 58.0. The van der Waals surface area contributed by atoms with E-state index in [0.717, 1.165) is 57.8 Å².